The van der Waals surface area contributed by atoms with Crippen LogP contribution in [0.15, 0.2) is 55.0 Å². The van der Waals surface area contributed by atoms with Crippen LogP contribution in [0.2, 0.25) is 5.02 Å². The maximum atomic E-state index is 13.5. The van der Waals surface area contributed by atoms with Crippen LogP contribution in [-0.2, 0) is 0 Å². The smallest absolute Gasteiger partial charge is 0.253 e. The molecular weight excluding hydrogens is 529 g/mol. The number of benzene rings is 2. The number of aryl methyl sites for hydroxylation is 1. The van der Waals surface area contributed by atoms with Crippen LogP contribution in [0.25, 0.3) is 5.82 Å². The van der Waals surface area contributed by atoms with E-state index in [9.17, 15) is 14.3 Å². The molecule has 39 heavy (non-hydrogen) atoms. The molecule has 0 aliphatic rings. The topological polar surface area (TPSA) is 120 Å². The zero-order valence-corrected chi connectivity index (χ0v) is 22.4. The van der Waals surface area contributed by atoms with Crippen molar-refractivity contribution < 1.29 is 28.5 Å². The van der Waals surface area contributed by atoms with Crippen molar-refractivity contribution in [2.24, 2.45) is 0 Å². The Kier molecular flexibility index (Phi) is 8.52. The SMILES string of the molecule is COc1cc(Nc2ncc(C)c(-n3ccc(C(=O)N[C@H](CO)c4ccc(F)c(Cl)c4)c3)n2)cc(OC)c1OC. The van der Waals surface area contributed by atoms with E-state index in [1.807, 2.05) is 6.92 Å². The summed E-state index contributed by atoms with van der Waals surface area (Å²) in [5.74, 6) is 1.23. The summed E-state index contributed by atoms with van der Waals surface area (Å²) < 4.78 is 31.4. The quantitative estimate of drug-likeness (QED) is 0.260. The molecule has 4 aromatic rings. The van der Waals surface area contributed by atoms with E-state index < -0.39 is 24.4 Å². The highest BCUT2D eigenvalue weighted by atomic mass is 35.5. The Balaban J connectivity index is 1.55. The average molecular weight is 556 g/mol. The standard InChI is InChI=1S/C27H27ClFN5O5/c1-15-12-30-27(31-18-10-22(37-2)24(39-4)23(11-18)38-3)33-25(15)34-8-7-17(13-34)26(36)32-21(14-35)16-5-6-20(29)19(28)9-16/h5-13,21,35H,14H2,1-4H3,(H,32,36)(H,30,31,33)/t21-/m1/s1. The summed E-state index contributed by atoms with van der Waals surface area (Å²) in [6.45, 7) is 1.45. The summed E-state index contributed by atoms with van der Waals surface area (Å²) in [7, 11) is 4.58. The number of rotatable bonds is 10. The number of nitrogens with zero attached hydrogens (tertiary/aromatic N) is 3. The summed E-state index contributed by atoms with van der Waals surface area (Å²) in [4.78, 5) is 21.9. The van der Waals surface area contributed by atoms with E-state index in [0.29, 0.717) is 45.8 Å². The van der Waals surface area contributed by atoms with Crippen molar-refractivity contribution in [1.82, 2.24) is 19.9 Å². The Morgan fingerprint density at radius 1 is 1.13 bits per heavy atom. The summed E-state index contributed by atoms with van der Waals surface area (Å²) in [5, 5.41) is 15.6. The van der Waals surface area contributed by atoms with Crippen LogP contribution in [0.5, 0.6) is 17.2 Å². The molecular formula is C27H27ClFN5O5. The third-order valence-electron chi connectivity index (χ3n) is 5.90. The highest BCUT2D eigenvalue weighted by Crippen LogP contribution is 2.40. The Morgan fingerprint density at radius 3 is 2.46 bits per heavy atom. The van der Waals surface area contributed by atoms with Gasteiger partial charge in [0.25, 0.3) is 5.91 Å². The third kappa shape index (κ3) is 6.05. The number of aliphatic hydroxyl groups excluding tert-OH is 1. The molecule has 0 aliphatic heterocycles. The largest absolute Gasteiger partial charge is 0.493 e. The molecule has 2 heterocycles. The Bertz CT molecular complexity index is 1470. The highest BCUT2D eigenvalue weighted by Gasteiger charge is 2.19. The molecule has 10 nitrogen and oxygen atoms in total. The molecule has 0 unspecified atom stereocenters. The third-order valence-corrected chi connectivity index (χ3v) is 6.19. The second-order valence-corrected chi connectivity index (χ2v) is 8.84. The Morgan fingerprint density at radius 2 is 1.85 bits per heavy atom. The molecule has 2 aromatic heterocycles. The molecule has 3 N–H and O–H groups in total. The van der Waals surface area contributed by atoms with Gasteiger partial charge in [-0.15, -0.1) is 0 Å². The van der Waals surface area contributed by atoms with E-state index in [4.69, 9.17) is 25.8 Å². The lowest BCUT2D eigenvalue weighted by molar-refractivity contribution is 0.0916. The number of methoxy groups -OCH3 is 3. The van der Waals surface area contributed by atoms with Gasteiger partial charge in [0.15, 0.2) is 11.5 Å². The van der Waals surface area contributed by atoms with Gasteiger partial charge in [0, 0.05) is 42.0 Å². The van der Waals surface area contributed by atoms with Gasteiger partial charge in [-0.1, -0.05) is 17.7 Å². The normalized spacial score (nSPS) is 11.6. The van der Waals surface area contributed by atoms with Crippen LogP contribution in [0.4, 0.5) is 16.0 Å². The lowest BCUT2D eigenvalue weighted by Crippen LogP contribution is -2.30. The van der Waals surface area contributed by atoms with Crippen molar-refractivity contribution >= 4 is 29.1 Å². The minimum atomic E-state index is -0.769. The number of carbonyl (C=O) groups is 1. The molecule has 4 rings (SSSR count). The number of halogens is 2. The first-order chi connectivity index (χ1) is 18.8. The molecule has 204 valence electrons. The molecule has 0 aliphatic carbocycles. The fourth-order valence-corrected chi connectivity index (χ4v) is 4.09. The van der Waals surface area contributed by atoms with Crippen LogP contribution >= 0.6 is 11.6 Å². The number of nitrogens with one attached hydrogen (secondary N) is 2. The van der Waals surface area contributed by atoms with E-state index >= 15 is 0 Å². The molecule has 0 saturated heterocycles. The lowest BCUT2D eigenvalue weighted by atomic mass is 10.1. The van der Waals surface area contributed by atoms with E-state index in [0.717, 1.165) is 5.56 Å². The van der Waals surface area contributed by atoms with Crippen molar-refractivity contribution in [3.63, 3.8) is 0 Å². The first kappa shape index (κ1) is 27.7. The number of hydrogen-bond donors (Lipinski definition) is 3. The Labute approximate surface area is 229 Å². The number of ether oxygens (including phenoxy) is 3. The van der Waals surface area contributed by atoms with E-state index in [2.05, 4.69) is 20.6 Å². The molecule has 1 amide bonds. The van der Waals surface area contributed by atoms with Crippen molar-refractivity contribution in [3.8, 4) is 23.1 Å². The molecule has 0 fully saturated rings. The molecule has 0 radical (unpaired) electrons. The van der Waals surface area contributed by atoms with E-state index in [1.54, 1.807) is 41.4 Å². The van der Waals surface area contributed by atoms with Gasteiger partial charge >= 0.3 is 0 Å². The van der Waals surface area contributed by atoms with Gasteiger partial charge in [0.1, 0.15) is 11.6 Å². The van der Waals surface area contributed by atoms with Gasteiger partial charge in [0.2, 0.25) is 11.7 Å². The van der Waals surface area contributed by atoms with E-state index in [-0.39, 0.29) is 5.02 Å². The summed E-state index contributed by atoms with van der Waals surface area (Å²) >= 11 is 5.85. The summed E-state index contributed by atoms with van der Waals surface area (Å²) in [5.41, 5.74) is 2.19. The molecule has 1 atom stereocenters. The predicted octanol–water partition coefficient (Wildman–Crippen LogP) is 4.60. The minimum absolute atomic E-state index is 0.0958. The van der Waals surface area contributed by atoms with Crippen LogP contribution < -0.4 is 24.8 Å². The van der Waals surface area contributed by atoms with Crippen molar-refractivity contribution in [1.29, 1.82) is 0 Å². The number of aromatic nitrogens is 3. The first-order valence-corrected chi connectivity index (χ1v) is 12.1. The van der Waals surface area contributed by atoms with Gasteiger partial charge in [-0.3, -0.25) is 4.79 Å². The van der Waals surface area contributed by atoms with Crippen LogP contribution in [0.1, 0.15) is 27.5 Å². The number of anilines is 2. The number of carbonyl (C=O) groups excluding carboxylic acids is 1. The second-order valence-electron chi connectivity index (χ2n) is 8.43. The number of hydrogen-bond acceptors (Lipinski definition) is 8. The average Bonchev–Trinajstić information content (AvgIpc) is 3.44. The van der Waals surface area contributed by atoms with Crippen molar-refractivity contribution in [2.75, 3.05) is 33.3 Å². The minimum Gasteiger partial charge on any atom is -0.493 e. The van der Waals surface area contributed by atoms with Gasteiger partial charge in [-0.25, -0.2) is 9.37 Å². The second kappa shape index (κ2) is 12.0. The molecule has 2 aromatic carbocycles. The predicted molar refractivity (Wildman–Crippen MR) is 144 cm³/mol. The Hall–Kier alpha value is -4.35. The monoisotopic (exact) mass is 555 g/mol. The van der Waals surface area contributed by atoms with Gasteiger partial charge in [0.05, 0.1) is 44.6 Å². The molecule has 0 saturated carbocycles. The van der Waals surface area contributed by atoms with Crippen LogP contribution in [0, 0.1) is 12.7 Å². The fourth-order valence-electron chi connectivity index (χ4n) is 3.90. The zero-order chi connectivity index (χ0) is 28.1. The van der Waals surface area contributed by atoms with Crippen LogP contribution in [-0.4, -0.2) is 53.5 Å². The molecule has 0 bridgehead atoms. The van der Waals surface area contributed by atoms with Crippen molar-refractivity contribution in [3.05, 3.63) is 82.5 Å². The van der Waals surface area contributed by atoms with Crippen LogP contribution in [0.3, 0.4) is 0 Å². The number of aliphatic hydroxyl groups is 1. The van der Waals surface area contributed by atoms with Crippen molar-refractivity contribution in [2.45, 2.75) is 13.0 Å². The van der Waals surface area contributed by atoms with Gasteiger partial charge in [-0.05, 0) is 30.7 Å². The number of amides is 1. The maximum Gasteiger partial charge on any atom is 0.253 e. The lowest BCUT2D eigenvalue weighted by Gasteiger charge is -2.17. The first-order valence-electron chi connectivity index (χ1n) is 11.7. The molecule has 12 heteroatoms. The zero-order valence-electron chi connectivity index (χ0n) is 21.7. The maximum absolute atomic E-state index is 13.5. The van der Waals surface area contributed by atoms with E-state index in [1.165, 1.54) is 39.5 Å². The summed E-state index contributed by atoms with van der Waals surface area (Å²) in [6, 6.07) is 8.33. The summed E-state index contributed by atoms with van der Waals surface area (Å²) in [6.07, 6.45) is 4.96. The molecule has 0 spiro atoms. The van der Waals surface area contributed by atoms with Gasteiger partial charge < -0.3 is 34.5 Å². The van der Waals surface area contributed by atoms with Gasteiger partial charge in [-0.2, -0.15) is 4.98 Å². The fraction of sp³-hybridized carbons (Fsp3) is 0.222. The highest BCUT2D eigenvalue weighted by molar-refractivity contribution is 6.30.